The maximum Gasteiger partial charge on any atom is 0.285 e. The first kappa shape index (κ1) is 21.8. The molecule has 1 saturated heterocycles. The smallest absolute Gasteiger partial charge is 0.285 e. The van der Waals surface area contributed by atoms with Gasteiger partial charge in [0, 0.05) is 12.0 Å². The highest BCUT2D eigenvalue weighted by Crippen LogP contribution is 2.32. The van der Waals surface area contributed by atoms with E-state index in [9.17, 15) is 9.59 Å². The van der Waals surface area contributed by atoms with Gasteiger partial charge in [0.05, 0.1) is 11.5 Å². The molecule has 3 aromatic rings. The van der Waals surface area contributed by atoms with E-state index < -0.39 is 5.91 Å². The molecule has 0 unspecified atom stereocenters. The molecule has 0 saturated carbocycles. The molecule has 1 N–H and O–H groups in total. The molecular formula is C25H20N2O3S2. The Hall–Kier alpha value is -3.42. The van der Waals surface area contributed by atoms with Crippen LogP contribution in [0.5, 0.6) is 5.75 Å². The zero-order chi connectivity index (χ0) is 22.3. The van der Waals surface area contributed by atoms with Crippen molar-refractivity contribution in [2.75, 3.05) is 6.61 Å². The van der Waals surface area contributed by atoms with E-state index in [1.54, 1.807) is 30.3 Å². The summed E-state index contributed by atoms with van der Waals surface area (Å²) in [5.74, 6) is -0.0285. The molecule has 5 nitrogen and oxygen atoms in total. The molecule has 0 bridgehead atoms. The van der Waals surface area contributed by atoms with Gasteiger partial charge in [0.2, 0.25) is 0 Å². The van der Waals surface area contributed by atoms with Gasteiger partial charge in [-0.1, -0.05) is 72.4 Å². The van der Waals surface area contributed by atoms with E-state index in [0.717, 1.165) is 34.5 Å². The molecule has 1 fully saturated rings. The number of hydrogen-bond acceptors (Lipinski definition) is 5. The summed E-state index contributed by atoms with van der Waals surface area (Å²) in [7, 11) is 0. The van der Waals surface area contributed by atoms with E-state index in [0.29, 0.717) is 17.1 Å². The maximum atomic E-state index is 12.8. The normalized spacial score (nSPS) is 14.6. The number of hydrazine groups is 1. The largest absolute Gasteiger partial charge is 0.493 e. The Balaban J connectivity index is 1.40. The second-order valence-electron chi connectivity index (χ2n) is 6.98. The minimum absolute atomic E-state index is 0.279. The lowest BCUT2D eigenvalue weighted by atomic mass is 10.1. The van der Waals surface area contributed by atoms with Crippen LogP contribution < -0.4 is 10.2 Å². The van der Waals surface area contributed by atoms with Crippen LogP contribution in [0.25, 0.3) is 6.08 Å². The molecule has 2 amide bonds. The van der Waals surface area contributed by atoms with Crippen molar-refractivity contribution in [3.05, 3.63) is 107 Å². The molecule has 32 heavy (non-hydrogen) atoms. The van der Waals surface area contributed by atoms with Crippen molar-refractivity contribution >= 4 is 46.2 Å². The molecule has 0 atom stereocenters. The van der Waals surface area contributed by atoms with Crippen LogP contribution in [0.15, 0.2) is 89.8 Å². The fourth-order valence-electron chi connectivity index (χ4n) is 3.10. The van der Waals surface area contributed by atoms with Gasteiger partial charge in [0.1, 0.15) is 5.75 Å². The van der Waals surface area contributed by atoms with Gasteiger partial charge in [-0.25, -0.2) is 0 Å². The van der Waals surface area contributed by atoms with Gasteiger partial charge >= 0.3 is 0 Å². The van der Waals surface area contributed by atoms with Crippen molar-refractivity contribution in [3.8, 4) is 5.75 Å². The van der Waals surface area contributed by atoms with Crippen molar-refractivity contribution in [1.82, 2.24) is 10.4 Å². The Morgan fingerprint density at radius 2 is 1.72 bits per heavy atom. The van der Waals surface area contributed by atoms with E-state index in [1.165, 1.54) is 5.56 Å². The number of ether oxygens (including phenoxy) is 1. The summed E-state index contributed by atoms with van der Waals surface area (Å²) in [4.78, 5) is 25.6. The number of benzene rings is 3. The van der Waals surface area contributed by atoms with E-state index in [1.807, 2.05) is 48.5 Å². The number of nitrogens with zero attached hydrogens (tertiary/aromatic N) is 1. The average Bonchev–Trinajstić information content (AvgIpc) is 3.08. The molecule has 0 radical (unpaired) electrons. The van der Waals surface area contributed by atoms with Crippen LogP contribution in [0, 0.1) is 0 Å². The van der Waals surface area contributed by atoms with Crippen LogP contribution in [0.1, 0.15) is 21.5 Å². The third kappa shape index (κ3) is 5.43. The highest BCUT2D eigenvalue weighted by Gasteiger charge is 2.33. The molecule has 1 aliphatic heterocycles. The van der Waals surface area contributed by atoms with E-state index in [4.69, 9.17) is 17.0 Å². The molecule has 4 rings (SSSR count). The van der Waals surface area contributed by atoms with Crippen LogP contribution in [0.3, 0.4) is 0 Å². The SMILES string of the molecule is O=C(NN1C(=O)/C(=C/c2cccc(OCCc3ccccc3)c2)SC1=S)c1ccccc1. The number of thioether (sulfide) groups is 1. The molecule has 3 aromatic carbocycles. The monoisotopic (exact) mass is 460 g/mol. The van der Waals surface area contributed by atoms with Gasteiger partial charge in [-0.05, 0) is 53.7 Å². The standard InChI is InChI=1S/C25H20N2O3S2/c28-23(20-11-5-2-6-12-20)26-27-24(29)22(32-25(27)31)17-19-10-7-13-21(16-19)30-15-14-18-8-3-1-4-9-18/h1-13,16-17H,14-15H2,(H,26,28)/b22-17-. The van der Waals surface area contributed by atoms with Crippen LogP contribution >= 0.6 is 24.0 Å². The predicted molar refractivity (Wildman–Crippen MR) is 131 cm³/mol. The molecule has 0 aliphatic carbocycles. The summed E-state index contributed by atoms with van der Waals surface area (Å²) < 4.78 is 6.15. The topological polar surface area (TPSA) is 58.6 Å². The van der Waals surface area contributed by atoms with Crippen LogP contribution in [-0.4, -0.2) is 27.8 Å². The van der Waals surface area contributed by atoms with Gasteiger partial charge in [0.25, 0.3) is 11.8 Å². The number of amides is 2. The zero-order valence-electron chi connectivity index (χ0n) is 17.1. The lowest BCUT2D eigenvalue weighted by Gasteiger charge is -2.15. The van der Waals surface area contributed by atoms with Gasteiger partial charge in [0.15, 0.2) is 4.32 Å². The Kier molecular flexibility index (Phi) is 6.99. The van der Waals surface area contributed by atoms with Crippen molar-refractivity contribution in [2.24, 2.45) is 0 Å². The second-order valence-corrected chi connectivity index (χ2v) is 8.66. The third-order valence-corrected chi connectivity index (χ3v) is 6.00. The molecule has 1 aliphatic rings. The number of carbonyl (C=O) groups is 2. The Morgan fingerprint density at radius 3 is 2.47 bits per heavy atom. The molecular weight excluding hydrogens is 440 g/mol. The van der Waals surface area contributed by atoms with Crippen LogP contribution in [0.4, 0.5) is 0 Å². The van der Waals surface area contributed by atoms with Crippen LogP contribution in [-0.2, 0) is 11.2 Å². The van der Waals surface area contributed by atoms with Gasteiger partial charge < -0.3 is 4.74 Å². The first-order valence-corrected chi connectivity index (χ1v) is 11.2. The van der Waals surface area contributed by atoms with Gasteiger partial charge in [-0.15, -0.1) is 0 Å². The lowest BCUT2D eigenvalue weighted by Crippen LogP contribution is -2.44. The van der Waals surface area contributed by atoms with Crippen LogP contribution in [0.2, 0.25) is 0 Å². The molecule has 1 heterocycles. The van der Waals surface area contributed by atoms with Crippen molar-refractivity contribution in [3.63, 3.8) is 0 Å². The first-order valence-electron chi connectivity index (χ1n) is 10.0. The van der Waals surface area contributed by atoms with Crippen molar-refractivity contribution in [2.45, 2.75) is 6.42 Å². The van der Waals surface area contributed by atoms with E-state index in [2.05, 4.69) is 17.6 Å². The summed E-state index contributed by atoms with van der Waals surface area (Å²) in [5.41, 5.74) is 5.06. The summed E-state index contributed by atoms with van der Waals surface area (Å²) >= 11 is 6.44. The molecule has 0 aromatic heterocycles. The maximum absolute atomic E-state index is 12.8. The Bertz CT molecular complexity index is 1160. The first-order chi connectivity index (χ1) is 15.6. The fourth-order valence-corrected chi connectivity index (χ4v) is 4.28. The fraction of sp³-hybridized carbons (Fsp3) is 0.0800. The summed E-state index contributed by atoms with van der Waals surface area (Å²) in [6.07, 6.45) is 2.56. The summed E-state index contributed by atoms with van der Waals surface area (Å²) in [5, 5.41) is 1.11. The van der Waals surface area contributed by atoms with E-state index in [-0.39, 0.29) is 10.2 Å². The van der Waals surface area contributed by atoms with Crippen molar-refractivity contribution in [1.29, 1.82) is 0 Å². The third-order valence-electron chi connectivity index (χ3n) is 4.70. The van der Waals surface area contributed by atoms with Gasteiger partial charge in [-0.2, -0.15) is 5.01 Å². The Labute approximate surface area is 196 Å². The highest BCUT2D eigenvalue weighted by molar-refractivity contribution is 8.26. The zero-order valence-corrected chi connectivity index (χ0v) is 18.7. The highest BCUT2D eigenvalue weighted by atomic mass is 32.2. The lowest BCUT2D eigenvalue weighted by molar-refractivity contribution is -0.123. The number of carbonyl (C=O) groups excluding carboxylic acids is 2. The number of nitrogens with one attached hydrogen (secondary N) is 1. The van der Waals surface area contributed by atoms with Gasteiger partial charge in [-0.3, -0.25) is 15.0 Å². The van der Waals surface area contributed by atoms with Crippen molar-refractivity contribution < 1.29 is 14.3 Å². The molecule has 7 heteroatoms. The Morgan fingerprint density at radius 1 is 1.00 bits per heavy atom. The number of thiocarbonyl (C=S) groups is 1. The summed E-state index contributed by atoms with van der Waals surface area (Å²) in [6.45, 7) is 0.557. The summed E-state index contributed by atoms with van der Waals surface area (Å²) in [6, 6.07) is 26.3. The molecule has 0 spiro atoms. The molecule has 160 valence electrons. The quantitative estimate of drug-likeness (QED) is 0.403. The number of hydrogen-bond donors (Lipinski definition) is 1. The number of rotatable bonds is 7. The average molecular weight is 461 g/mol. The minimum Gasteiger partial charge on any atom is -0.493 e. The second kappa shape index (κ2) is 10.3. The minimum atomic E-state index is -0.392. The van der Waals surface area contributed by atoms with E-state index >= 15 is 0 Å². The predicted octanol–water partition coefficient (Wildman–Crippen LogP) is 4.85.